The van der Waals surface area contributed by atoms with Crippen LogP contribution in [0, 0.1) is 0 Å². The molecule has 0 atom stereocenters. The number of carbonyl (C=O) groups is 2. The average Bonchev–Trinajstić information content (AvgIpc) is 2.73. The van der Waals surface area contributed by atoms with Crippen LogP contribution in [0.25, 0.3) is 0 Å². The lowest BCUT2D eigenvalue weighted by molar-refractivity contribution is 0.0665. The van der Waals surface area contributed by atoms with Crippen LogP contribution in [0.15, 0.2) is 42.5 Å². The molecule has 2 amide bonds. The van der Waals surface area contributed by atoms with E-state index in [4.69, 9.17) is 9.47 Å². The van der Waals surface area contributed by atoms with Crippen LogP contribution < -0.4 is 14.8 Å². The minimum absolute atomic E-state index is 0.0729. The fourth-order valence-electron chi connectivity index (χ4n) is 3.13. The van der Waals surface area contributed by atoms with Gasteiger partial charge in [0, 0.05) is 31.7 Å². The number of anilines is 1. The molecule has 0 aliphatic carbocycles. The zero-order chi connectivity index (χ0) is 20.1. The van der Waals surface area contributed by atoms with Crippen LogP contribution in [0.4, 0.5) is 5.69 Å². The van der Waals surface area contributed by atoms with Crippen molar-refractivity contribution in [3.05, 3.63) is 53.6 Å². The molecule has 0 spiro atoms. The van der Waals surface area contributed by atoms with Gasteiger partial charge >= 0.3 is 0 Å². The highest BCUT2D eigenvalue weighted by atomic mass is 16.5. The molecule has 7 heteroatoms. The summed E-state index contributed by atoms with van der Waals surface area (Å²) in [5, 5.41) is 2.85. The molecule has 1 fully saturated rings. The fourth-order valence-corrected chi connectivity index (χ4v) is 3.13. The molecular weight excluding hydrogens is 358 g/mol. The molecule has 7 nitrogen and oxygen atoms in total. The van der Waals surface area contributed by atoms with Crippen LogP contribution in [0.2, 0.25) is 0 Å². The molecule has 28 heavy (non-hydrogen) atoms. The zero-order valence-electron chi connectivity index (χ0n) is 16.4. The van der Waals surface area contributed by atoms with E-state index in [1.54, 1.807) is 42.5 Å². The maximum atomic E-state index is 12.9. The van der Waals surface area contributed by atoms with E-state index < -0.39 is 0 Å². The summed E-state index contributed by atoms with van der Waals surface area (Å²) in [7, 11) is 5.10. The van der Waals surface area contributed by atoms with Crippen molar-refractivity contribution in [3.8, 4) is 11.5 Å². The van der Waals surface area contributed by atoms with Gasteiger partial charge in [0.1, 0.15) is 0 Å². The van der Waals surface area contributed by atoms with Crippen LogP contribution in [-0.2, 0) is 0 Å². The lowest BCUT2D eigenvalue weighted by Crippen LogP contribution is -2.47. The number of ether oxygens (including phenoxy) is 2. The molecular formula is C21H25N3O4. The first-order chi connectivity index (χ1) is 13.5. The summed E-state index contributed by atoms with van der Waals surface area (Å²) in [4.78, 5) is 29.7. The highest BCUT2D eigenvalue weighted by molar-refractivity contribution is 6.09. The number of hydrogen-bond acceptors (Lipinski definition) is 5. The van der Waals surface area contributed by atoms with Gasteiger partial charge in [-0.2, -0.15) is 0 Å². The van der Waals surface area contributed by atoms with E-state index in [1.807, 2.05) is 11.9 Å². The number of para-hydroxylation sites is 1. The van der Waals surface area contributed by atoms with Gasteiger partial charge in [0.15, 0.2) is 11.5 Å². The first kappa shape index (κ1) is 19.7. The highest BCUT2D eigenvalue weighted by Gasteiger charge is 2.23. The van der Waals surface area contributed by atoms with Crippen molar-refractivity contribution in [3.63, 3.8) is 0 Å². The molecule has 2 aromatic carbocycles. The van der Waals surface area contributed by atoms with Crippen molar-refractivity contribution in [2.45, 2.75) is 0 Å². The molecule has 0 aromatic heterocycles. The second kappa shape index (κ2) is 8.75. The normalized spacial score (nSPS) is 14.5. The Labute approximate surface area is 164 Å². The van der Waals surface area contributed by atoms with Gasteiger partial charge in [-0.25, -0.2) is 0 Å². The highest BCUT2D eigenvalue weighted by Crippen LogP contribution is 2.28. The Kier molecular flexibility index (Phi) is 6.16. The quantitative estimate of drug-likeness (QED) is 0.858. The second-order valence-corrected chi connectivity index (χ2v) is 6.66. The van der Waals surface area contributed by atoms with E-state index in [0.717, 1.165) is 13.1 Å². The van der Waals surface area contributed by atoms with Crippen LogP contribution in [-0.4, -0.2) is 69.1 Å². The van der Waals surface area contributed by atoms with E-state index in [1.165, 1.54) is 14.2 Å². The van der Waals surface area contributed by atoms with Gasteiger partial charge in [-0.05, 0) is 37.4 Å². The summed E-state index contributed by atoms with van der Waals surface area (Å²) in [6.45, 7) is 3.03. The predicted molar refractivity (Wildman–Crippen MR) is 107 cm³/mol. The molecule has 0 unspecified atom stereocenters. The first-order valence-electron chi connectivity index (χ1n) is 9.13. The number of rotatable bonds is 5. The summed E-state index contributed by atoms with van der Waals surface area (Å²) < 4.78 is 10.5. The van der Waals surface area contributed by atoms with Crippen molar-refractivity contribution < 1.29 is 19.1 Å². The van der Waals surface area contributed by atoms with Crippen LogP contribution in [0.3, 0.4) is 0 Å². The summed E-state index contributed by atoms with van der Waals surface area (Å²) in [5.74, 6) is 0.623. The fraction of sp³-hybridized carbons (Fsp3) is 0.333. The molecule has 1 aliphatic heterocycles. The van der Waals surface area contributed by atoms with E-state index >= 15 is 0 Å². The maximum absolute atomic E-state index is 12.9. The number of benzene rings is 2. The maximum Gasteiger partial charge on any atom is 0.256 e. The number of methoxy groups -OCH3 is 2. The topological polar surface area (TPSA) is 71.1 Å². The molecule has 1 aliphatic rings. The van der Waals surface area contributed by atoms with Gasteiger partial charge in [0.05, 0.1) is 25.5 Å². The summed E-state index contributed by atoms with van der Waals surface area (Å²) in [6.07, 6.45) is 0. The monoisotopic (exact) mass is 383 g/mol. The minimum atomic E-state index is -0.320. The SMILES string of the molecule is COc1ccc(C(=O)Nc2ccccc2C(=O)N2CCN(C)CC2)cc1OC. The third kappa shape index (κ3) is 4.26. The Morgan fingerprint density at radius 2 is 1.61 bits per heavy atom. The minimum Gasteiger partial charge on any atom is -0.493 e. The van der Waals surface area contributed by atoms with Gasteiger partial charge in [-0.15, -0.1) is 0 Å². The number of hydrogen-bond donors (Lipinski definition) is 1. The van der Waals surface area contributed by atoms with E-state index in [2.05, 4.69) is 10.2 Å². The van der Waals surface area contributed by atoms with Crippen LogP contribution in [0.1, 0.15) is 20.7 Å². The Morgan fingerprint density at radius 1 is 0.929 bits per heavy atom. The van der Waals surface area contributed by atoms with Crippen molar-refractivity contribution in [2.24, 2.45) is 0 Å². The van der Waals surface area contributed by atoms with Crippen molar-refractivity contribution in [2.75, 3.05) is 52.8 Å². The molecule has 0 radical (unpaired) electrons. The van der Waals surface area contributed by atoms with Gasteiger partial charge in [-0.1, -0.05) is 12.1 Å². The molecule has 0 bridgehead atoms. The predicted octanol–water partition coefficient (Wildman–Crippen LogP) is 2.34. The lowest BCUT2D eigenvalue weighted by atomic mass is 10.1. The van der Waals surface area contributed by atoms with Crippen molar-refractivity contribution in [1.29, 1.82) is 0 Å². The van der Waals surface area contributed by atoms with Crippen molar-refractivity contribution >= 4 is 17.5 Å². The van der Waals surface area contributed by atoms with Gasteiger partial charge < -0.3 is 24.6 Å². The summed E-state index contributed by atoms with van der Waals surface area (Å²) >= 11 is 0. The largest absolute Gasteiger partial charge is 0.493 e. The first-order valence-corrected chi connectivity index (χ1v) is 9.13. The van der Waals surface area contributed by atoms with E-state index in [0.29, 0.717) is 41.4 Å². The molecule has 1 saturated heterocycles. The smallest absolute Gasteiger partial charge is 0.256 e. The standard InChI is InChI=1S/C21H25N3O4/c1-23-10-12-24(13-11-23)21(26)16-6-4-5-7-17(16)22-20(25)15-8-9-18(27-2)19(14-15)28-3/h4-9,14H,10-13H2,1-3H3,(H,22,25). The van der Waals surface area contributed by atoms with Crippen LogP contribution in [0.5, 0.6) is 11.5 Å². The molecule has 3 rings (SSSR count). The number of likely N-dealkylation sites (N-methyl/N-ethyl adjacent to an activating group) is 1. The Balaban J connectivity index is 1.79. The number of piperazine rings is 1. The number of nitrogens with zero attached hydrogens (tertiary/aromatic N) is 2. The van der Waals surface area contributed by atoms with Crippen LogP contribution >= 0.6 is 0 Å². The Hall–Kier alpha value is -3.06. The number of nitrogens with one attached hydrogen (secondary N) is 1. The van der Waals surface area contributed by atoms with E-state index in [9.17, 15) is 9.59 Å². The molecule has 148 valence electrons. The summed E-state index contributed by atoms with van der Waals surface area (Å²) in [6, 6.07) is 12.0. The summed E-state index contributed by atoms with van der Waals surface area (Å²) in [5.41, 5.74) is 1.39. The lowest BCUT2D eigenvalue weighted by Gasteiger charge is -2.32. The van der Waals surface area contributed by atoms with Gasteiger partial charge in [-0.3, -0.25) is 9.59 Å². The van der Waals surface area contributed by atoms with Gasteiger partial charge in [0.25, 0.3) is 11.8 Å². The second-order valence-electron chi connectivity index (χ2n) is 6.66. The van der Waals surface area contributed by atoms with Gasteiger partial charge in [0.2, 0.25) is 0 Å². The third-order valence-corrected chi connectivity index (χ3v) is 4.84. The molecule has 0 saturated carbocycles. The third-order valence-electron chi connectivity index (χ3n) is 4.84. The molecule has 2 aromatic rings. The zero-order valence-corrected chi connectivity index (χ0v) is 16.4. The van der Waals surface area contributed by atoms with Crippen molar-refractivity contribution in [1.82, 2.24) is 9.80 Å². The molecule has 1 N–H and O–H groups in total. The molecule has 1 heterocycles. The number of amides is 2. The Morgan fingerprint density at radius 3 is 2.29 bits per heavy atom. The number of carbonyl (C=O) groups excluding carboxylic acids is 2. The van der Waals surface area contributed by atoms with E-state index in [-0.39, 0.29) is 11.8 Å². The average molecular weight is 383 g/mol. The Bertz CT molecular complexity index is 860.